The van der Waals surface area contributed by atoms with E-state index in [-0.39, 0.29) is 12.8 Å². The van der Waals surface area contributed by atoms with E-state index < -0.39 is 150 Å². The van der Waals surface area contributed by atoms with Crippen molar-refractivity contribution < 1.29 is 113 Å². The van der Waals surface area contributed by atoms with Crippen LogP contribution in [0, 0.1) is 5.92 Å². The van der Waals surface area contributed by atoms with Crippen molar-refractivity contribution in [3.63, 3.8) is 0 Å². The van der Waals surface area contributed by atoms with Crippen LogP contribution in [0.1, 0.15) is 201 Å². The Labute approximate surface area is 468 Å². The maximum Gasteiger partial charge on any atom is 0.472 e. The van der Waals surface area contributed by atoms with E-state index >= 15 is 0 Å². The fourth-order valence-corrected chi connectivity index (χ4v) is 11.2. The summed E-state index contributed by atoms with van der Waals surface area (Å²) in [5.74, 6) is -0.637. The van der Waals surface area contributed by atoms with E-state index in [0.717, 1.165) is 57.8 Å². The lowest BCUT2D eigenvalue weighted by atomic mass is 9.84. The van der Waals surface area contributed by atoms with Crippen molar-refractivity contribution in [1.82, 2.24) is 0 Å². The molecule has 2 aliphatic heterocycles. The first-order valence-electron chi connectivity index (χ1n) is 29.8. The van der Waals surface area contributed by atoms with E-state index in [0.29, 0.717) is 18.8 Å². The Morgan fingerprint density at radius 3 is 1.24 bits per heavy atom. The van der Waals surface area contributed by atoms with Crippen LogP contribution in [0.25, 0.3) is 0 Å². The molecular weight excluding hydrogens is 1060 g/mol. The minimum atomic E-state index is -5.63. The molecule has 466 valence electrons. The fourth-order valence-electron chi connectivity index (χ4n) is 10.2. The van der Waals surface area contributed by atoms with Gasteiger partial charge in [0, 0.05) is 12.8 Å². The third-order valence-electron chi connectivity index (χ3n) is 15.3. The number of phosphoric acid groups is 1. The van der Waals surface area contributed by atoms with Gasteiger partial charge in [-0.15, -0.1) is 0 Å². The SMILES string of the molecule is CCCCCCCCCCCCCCC(=O)OCC(COP(=O)(O)OC1C(OC2OC(CO)C(O)C(O)C2O)C(O)C(O)C(O)C1OC1OC(CO)C(O)C(O)C1O)OC(=O)CCCCCCCCC(C)CCCCCCCC. The molecule has 0 aromatic carbocycles. The monoisotopic (exact) mass is 1160 g/mol. The van der Waals surface area contributed by atoms with Crippen LogP contribution in [0.2, 0.25) is 0 Å². The van der Waals surface area contributed by atoms with Crippen molar-refractivity contribution in [2.45, 2.75) is 305 Å². The molecule has 0 aromatic heterocycles. The van der Waals surface area contributed by atoms with E-state index in [4.69, 9.17) is 37.5 Å². The summed E-state index contributed by atoms with van der Waals surface area (Å²) in [5.41, 5.74) is 0. The van der Waals surface area contributed by atoms with Crippen LogP contribution in [0.5, 0.6) is 0 Å². The zero-order valence-electron chi connectivity index (χ0n) is 47.3. The Balaban J connectivity index is 1.71. The van der Waals surface area contributed by atoms with Gasteiger partial charge in [-0.25, -0.2) is 4.57 Å². The molecule has 0 spiro atoms. The van der Waals surface area contributed by atoms with E-state index in [1.807, 2.05) is 0 Å². The number of unbranched alkanes of at least 4 members (excludes halogenated alkanes) is 21. The Kier molecular flexibility index (Phi) is 36.2. The molecule has 0 radical (unpaired) electrons. The Morgan fingerprint density at radius 2 is 0.835 bits per heavy atom. The van der Waals surface area contributed by atoms with Crippen LogP contribution in [-0.2, 0) is 51.6 Å². The lowest BCUT2D eigenvalue weighted by molar-refractivity contribution is -0.360. The molecule has 2 saturated heterocycles. The standard InChI is InChI=1S/C55H103O23P/c1-4-6-8-10-12-13-14-15-16-17-22-26-30-40(58)71-34-37(73-41(59)31-27-23-19-18-21-25-29-36(3)28-24-20-11-9-7-5-2)35-72-79(69,70)78-53-51(76-54-49(67)44(62)42(60)38(32-56)74-54)47(65)46(64)48(66)52(53)77-55-50(68)45(63)43(61)39(33-57)75-55/h36-39,42-57,60-68H,4-35H2,1-3H3,(H,69,70). The maximum atomic E-state index is 14.0. The summed E-state index contributed by atoms with van der Waals surface area (Å²) in [4.78, 5) is 37.5. The topological polar surface area (TPSA) is 368 Å². The molecule has 17 atom stereocenters. The van der Waals surface area contributed by atoms with Gasteiger partial charge in [0.15, 0.2) is 18.7 Å². The summed E-state index contributed by atoms with van der Waals surface area (Å²) in [6.07, 6.45) is -6.19. The number of ether oxygens (including phenoxy) is 6. The first kappa shape index (κ1) is 71.7. The molecule has 3 aliphatic rings. The van der Waals surface area contributed by atoms with Gasteiger partial charge in [-0.2, -0.15) is 0 Å². The summed E-state index contributed by atoms with van der Waals surface area (Å²) in [5, 5.41) is 117. The van der Waals surface area contributed by atoms with Gasteiger partial charge in [0.05, 0.1) is 19.8 Å². The number of carbonyl (C=O) groups excluding carboxylic acids is 2. The molecule has 12 N–H and O–H groups in total. The smallest absolute Gasteiger partial charge is 0.462 e. The van der Waals surface area contributed by atoms with Crippen molar-refractivity contribution in [3.8, 4) is 0 Å². The highest BCUT2D eigenvalue weighted by Crippen LogP contribution is 2.49. The van der Waals surface area contributed by atoms with Gasteiger partial charge in [-0.1, -0.05) is 175 Å². The van der Waals surface area contributed by atoms with Gasteiger partial charge in [0.2, 0.25) is 0 Å². The molecule has 3 fully saturated rings. The van der Waals surface area contributed by atoms with Crippen molar-refractivity contribution in [1.29, 1.82) is 0 Å². The number of rotatable bonds is 43. The highest BCUT2D eigenvalue weighted by molar-refractivity contribution is 7.47. The van der Waals surface area contributed by atoms with Gasteiger partial charge in [0.1, 0.15) is 92.1 Å². The molecule has 0 bridgehead atoms. The summed E-state index contributed by atoms with van der Waals surface area (Å²) >= 11 is 0. The van der Waals surface area contributed by atoms with Crippen LogP contribution >= 0.6 is 7.82 Å². The number of esters is 2. The number of hydrogen-bond donors (Lipinski definition) is 12. The van der Waals surface area contributed by atoms with Crippen molar-refractivity contribution in [2.75, 3.05) is 26.4 Å². The molecule has 0 aromatic rings. The predicted molar refractivity (Wildman–Crippen MR) is 287 cm³/mol. The zero-order chi connectivity index (χ0) is 58.3. The molecule has 1 aliphatic carbocycles. The number of aliphatic hydroxyl groups excluding tert-OH is 11. The van der Waals surface area contributed by atoms with Gasteiger partial charge < -0.3 is 89.5 Å². The lowest BCUT2D eigenvalue weighted by Gasteiger charge is -2.49. The van der Waals surface area contributed by atoms with Crippen LogP contribution in [0.15, 0.2) is 0 Å². The normalized spacial score (nSPS) is 31.8. The van der Waals surface area contributed by atoms with Gasteiger partial charge in [0.25, 0.3) is 0 Å². The second kappa shape index (κ2) is 39.9. The summed E-state index contributed by atoms with van der Waals surface area (Å²) in [7, 11) is -5.63. The van der Waals surface area contributed by atoms with E-state index in [9.17, 15) is 75.2 Å². The van der Waals surface area contributed by atoms with Gasteiger partial charge in [-0.05, 0) is 18.8 Å². The largest absolute Gasteiger partial charge is 0.472 e. The number of carbonyl (C=O) groups is 2. The zero-order valence-corrected chi connectivity index (χ0v) is 48.2. The van der Waals surface area contributed by atoms with E-state index in [1.54, 1.807) is 0 Å². The van der Waals surface area contributed by atoms with Crippen molar-refractivity contribution in [2.24, 2.45) is 5.92 Å². The Bertz CT molecular complexity index is 1600. The summed E-state index contributed by atoms with van der Waals surface area (Å²) in [6.45, 7) is 3.32. The summed E-state index contributed by atoms with van der Waals surface area (Å²) in [6, 6.07) is 0. The Hall–Kier alpha value is -1.55. The summed E-state index contributed by atoms with van der Waals surface area (Å²) < 4.78 is 58.1. The van der Waals surface area contributed by atoms with Crippen LogP contribution in [0.3, 0.4) is 0 Å². The van der Waals surface area contributed by atoms with E-state index in [2.05, 4.69) is 20.8 Å². The molecule has 2 heterocycles. The van der Waals surface area contributed by atoms with Crippen LogP contribution < -0.4 is 0 Å². The lowest BCUT2D eigenvalue weighted by Crippen LogP contribution is -2.69. The van der Waals surface area contributed by atoms with Crippen LogP contribution in [0.4, 0.5) is 0 Å². The molecule has 23 nitrogen and oxygen atoms in total. The molecule has 17 unspecified atom stereocenters. The highest BCUT2D eigenvalue weighted by atomic mass is 31.2. The number of phosphoric ester groups is 1. The van der Waals surface area contributed by atoms with Gasteiger partial charge >= 0.3 is 19.8 Å². The fraction of sp³-hybridized carbons (Fsp3) is 0.964. The van der Waals surface area contributed by atoms with Crippen molar-refractivity contribution >= 4 is 19.8 Å². The average Bonchev–Trinajstić information content (AvgIpc) is 3.47. The molecule has 24 heteroatoms. The van der Waals surface area contributed by atoms with Crippen LogP contribution in [-0.4, -0.2) is 204 Å². The third kappa shape index (κ3) is 26.1. The first-order valence-corrected chi connectivity index (χ1v) is 31.3. The third-order valence-corrected chi connectivity index (χ3v) is 16.3. The first-order chi connectivity index (χ1) is 37.8. The second-order valence-electron chi connectivity index (χ2n) is 22.2. The minimum Gasteiger partial charge on any atom is -0.462 e. The van der Waals surface area contributed by atoms with Gasteiger partial charge in [-0.3, -0.25) is 18.6 Å². The quantitative estimate of drug-likeness (QED) is 0.0233. The molecule has 79 heavy (non-hydrogen) atoms. The number of hydrogen-bond acceptors (Lipinski definition) is 22. The Morgan fingerprint density at radius 1 is 0.468 bits per heavy atom. The molecule has 1 saturated carbocycles. The van der Waals surface area contributed by atoms with E-state index in [1.165, 1.54) is 96.3 Å². The predicted octanol–water partition coefficient (Wildman–Crippen LogP) is 4.01. The van der Waals surface area contributed by atoms with Crippen molar-refractivity contribution in [3.05, 3.63) is 0 Å². The maximum absolute atomic E-state index is 14.0. The molecule has 3 rings (SSSR count). The molecular formula is C55H103O23P. The minimum absolute atomic E-state index is 0.0278. The molecule has 0 amide bonds. The second-order valence-corrected chi connectivity index (χ2v) is 23.6. The highest BCUT2D eigenvalue weighted by Gasteiger charge is 2.58. The average molecular weight is 1160 g/mol. The number of aliphatic hydroxyl groups is 11.